The SMILES string of the molecule is CC=C(C)C(=O)O.Cc1ccc(S(=O)(=O)O)cc1. The minimum absolute atomic E-state index is 0.0666. The highest BCUT2D eigenvalue weighted by Crippen LogP contribution is 2.08. The van der Waals surface area contributed by atoms with E-state index in [9.17, 15) is 13.2 Å². The summed E-state index contributed by atoms with van der Waals surface area (Å²) in [6, 6.07) is 5.99. The molecular weight excluding hydrogens is 256 g/mol. The van der Waals surface area contributed by atoms with E-state index in [4.69, 9.17) is 9.66 Å². The van der Waals surface area contributed by atoms with Crippen molar-refractivity contribution in [1.82, 2.24) is 0 Å². The van der Waals surface area contributed by atoms with E-state index in [1.165, 1.54) is 12.1 Å². The molecule has 0 radical (unpaired) electrons. The number of carbonyl (C=O) groups is 1. The summed E-state index contributed by atoms with van der Waals surface area (Å²) in [4.78, 5) is 9.80. The van der Waals surface area contributed by atoms with Gasteiger partial charge in [0.1, 0.15) is 0 Å². The van der Waals surface area contributed by atoms with Crippen LogP contribution in [0.15, 0.2) is 40.8 Å². The Morgan fingerprint density at radius 2 is 1.67 bits per heavy atom. The predicted octanol–water partition coefficient (Wildman–Crippen LogP) is 2.28. The van der Waals surface area contributed by atoms with Crippen molar-refractivity contribution in [2.45, 2.75) is 25.7 Å². The first-order valence-electron chi connectivity index (χ1n) is 5.09. The van der Waals surface area contributed by atoms with Gasteiger partial charge in [-0.3, -0.25) is 4.55 Å². The van der Waals surface area contributed by atoms with Crippen molar-refractivity contribution >= 4 is 16.1 Å². The molecule has 0 aliphatic heterocycles. The van der Waals surface area contributed by atoms with E-state index in [0.29, 0.717) is 5.57 Å². The Bertz CT molecular complexity index is 526. The van der Waals surface area contributed by atoms with E-state index in [-0.39, 0.29) is 4.90 Å². The fourth-order valence-electron chi connectivity index (χ4n) is 0.834. The Kier molecular flexibility index (Phi) is 6.29. The van der Waals surface area contributed by atoms with Crippen molar-refractivity contribution in [1.29, 1.82) is 0 Å². The van der Waals surface area contributed by atoms with Crippen LogP contribution in [0, 0.1) is 6.92 Å². The first-order chi connectivity index (χ1) is 8.18. The summed E-state index contributed by atoms with van der Waals surface area (Å²) in [6.45, 7) is 5.10. The quantitative estimate of drug-likeness (QED) is 0.636. The third-order valence-electron chi connectivity index (χ3n) is 2.09. The lowest BCUT2D eigenvalue weighted by Gasteiger charge is -1.95. The van der Waals surface area contributed by atoms with Gasteiger partial charge >= 0.3 is 5.97 Å². The average Bonchev–Trinajstić information content (AvgIpc) is 2.28. The Morgan fingerprint density at radius 1 is 1.22 bits per heavy atom. The van der Waals surface area contributed by atoms with Gasteiger partial charge in [0.25, 0.3) is 10.1 Å². The van der Waals surface area contributed by atoms with Crippen molar-refractivity contribution in [3.8, 4) is 0 Å². The zero-order chi connectivity index (χ0) is 14.3. The largest absolute Gasteiger partial charge is 0.478 e. The molecule has 0 amide bonds. The van der Waals surface area contributed by atoms with Gasteiger partial charge in [-0.25, -0.2) is 4.79 Å². The van der Waals surface area contributed by atoms with Crippen LogP contribution in [0.5, 0.6) is 0 Å². The second kappa shape index (κ2) is 6.93. The van der Waals surface area contributed by atoms with Gasteiger partial charge in [0.05, 0.1) is 4.90 Å². The Hall–Kier alpha value is -1.66. The van der Waals surface area contributed by atoms with Gasteiger partial charge < -0.3 is 5.11 Å². The maximum Gasteiger partial charge on any atom is 0.330 e. The molecule has 0 bridgehead atoms. The molecule has 0 aromatic heterocycles. The molecular formula is C12H16O5S. The summed E-state index contributed by atoms with van der Waals surface area (Å²) in [7, 11) is -4.02. The Balaban J connectivity index is 0.000000360. The third kappa shape index (κ3) is 6.17. The molecule has 0 fully saturated rings. The van der Waals surface area contributed by atoms with Crippen LogP contribution in [-0.4, -0.2) is 24.0 Å². The lowest BCUT2D eigenvalue weighted by Crippen LogP contribution is -1.96. The second-order valence-corrected chi connectivity index (χ2v) is 4.99. The number of allylic oxidation sites excluding steroid dienone is 1. The van der Waals surface area contributed by atoms with Gasteiger partial charge in [-0.15, -0.1) is 0 Å². The fourth-order valence-corrected chi connectivity index (χ4v) is 1.31. The molecule has 0 saturated carbocycles. The van der Waals surface area contributed by atoms with E-state index in [2.05, 4.69) is 0 Å². The number of hydrogen-bond acceptors (Lipinski definition) is 3. The van der Waals surface area contributed by atoms with Crippen molar-refractivity contribution in [3.63, 3.8) is 0 Å². The number of carboxylic acids is 1. The summed E-state index contributed by atoms with van der Waals surface area (Å²) in [5.41, 5.74) is 1.34. The monoisotopic (exact) mass is 272 g/mol. The highest BCUT2D eigenvalue weighted by atomic mass is 32.2. The number of carboxylic acid groups (broad SMARTS) is 1. The molecule has 0 saturated heterocycles. The molecule has 2 N–H and O–H groups in total. The molecule has 0 heterocycles. The Morgan fingerprint density at radius 3 is 1.89 bits per heavy atom. The summed E-state index contributed by atoms with van der Waals surface area (Å²) < 4.78 is 29.6. The molecule has 1 aromatic carbocycles. The standard InChI is InChI=1S/C7H8O3S.C5H8O2/c1-6-2-4-7(5-3-6)11(8,9)10;1-3-4(2)5(6)7/h2-5H,1H3,(H,8,9,10);3H,1-2H3,(H,6,7). The highest BCUT2D eigenvalue weighted by molar-refractivity contribution is 7.85. The normalized spacial score (nSPS) is 11.4. The van der Waals surface area contributed by atoms with Crippen LogP contribution in [-0.2, 0) is 14.9 Å². The van der Waals surface area contributed by atoms with Crippen LogP contribution < -0.4 is 0 Å². The number of rotatable bonds is 2. The summed E-state index contributed by atoms with van der Waals surface area (Å²) >= 11 is 0. The van der Waals surface area contributed by atoms with Crippen molar-refractivity contribution in [3.05, 3.63) is 41.5 Å². The molecule has 5 nitrogen and oxygen atoms in total. The zero-order valence-electron chi connectivity index (χ0n) is 10.4. The van der Waals surface area contributed by atoms with E-state index in [0.717, 1.165) is 5.56 Å². The molecule has 1 aromatic rings. The van der Waals surface area contributed by atoms with Crippen molar-refractivity contribution in [2.24, 2.45) is 0 Å². The first kappa shape index (κ1) is 16.3. The number of aliphatic carboxylic acids is 1. The minimum atomic E-state index is -4.02. The molecule has 0 spiro atoms. The Labute approximate surface area is 107 Å². The molecule has 0 aliphatic rings. The van der Waals surface area contributed by atoms with Gasteiger partial charge in [0.2, 0.25) is 0 Å². The van der Waals surface area contributed by atoms with Crippen LogP contribution in [0.2, 0.25) is 0 Å². The molecule has 0 atom stereocenters. The molecule has 6 heteroatoms. The molecule has 0 unspecified atom stereocenters. The lowest BCUT2D eigenvalue weighted by atomic mass is 10.2. The van der Waals surface area contributed by atoms with E-state index in [1.54, 1.807) is 32.1 Å². The predicted molar refractivity (Wildman–Crippen MR) is 68.1 cm³/mol. The highest BCUT2D eigenvalue weighted by Gasteiger charge is 2.06. The van der Waals surface area contributed by atoms with E-state index in [1.807, 2.05) is 6.92 Å². The molecule has 100 valence electrons. The maximum absolute atomic E-state index is 10.5. The van der Waals surface area contributed by atoms with Crippen LogP contribution in [0.3, 0.4) is 0 Å². The average molecular weight is 272 g/mol. The summed E-state index contributed by atoms with van der Waals surface area (Å²) in [6.07, 6.45) is 1.56. The zero-order valence-corrected chi connectivity index (χ0v) is 11.2. The van der Waals surface area contributed by atoms with Crippen LogP contribution in [0.4, 0.5) is 0 Å². The molecule has 0 aliphatic carbocycles. The van der Waals surface area contributed by atoms with E-state index >= 15 is 0 Å². The van der Waals surface area contributed by atoms with E-state index < -0.39 is 16.1 Å². The summed E-state index contributed by atoms with van der Waals surface area (Å²) in [5.74, 6) is -0.845. The minimum Gasteiger partial charge on any atom is -0.478 e. The third-order valence-corrected chi connectivity index (χ3v) is 2.96. The first-order valence-corrected chi connectivity index (χ1v) is 6.53. The number of benzene rings is 1. The smallest absolute Gasteiger partial charge is 0.330 e. The van der Waals surface area contributed by atoms with Crippen LogP contribution >= 0.6 is 0 Å². The van der Waals surface area contributed by atoms with Gasteiger partial charge in [-0.05, 0) is 32.9 Å². The van der Waals surface area contributed by atoms with Crippen LogP contribution in [0.25, 0.3) is 0 Å². The number of hydrogen-bond donors (Lipinski definition) is 2. The van der Waals surface area contributed by atoms with Crippen molar-refractivity contribution < 1.29 is 22.9 Å². The maximum atomic E-state index is 10.5. The fraction of sp³-hybridized carbons (Fsp3) is 0.250. The lowest BCUT2D eigenvalue weighted by molar-refractivity contribution is -0.132. The van der Waals surface area contributed by atoms with Crippen molar-refractivity contribution in [2.75, 3.05) is 0 Å². The van der Waals surface area contributed by atoms with Gasteiger partial charge in [0, 0.05) is 5.57 Å². The second-order valence-electron chi connectivity index (χ2n) is 3.56. The molecule has 18 heavy (non-hydrogen) atoms. The van der Waals surface area contributed by atoms with Gasteiger partial charge in [-0.2, -0.15) is 8.42 Å². The molecule has 1 rings (SSSR count). The number of aryl methyl sites for hydroxylation is 1. The topological polar surface area (TPSA) is 91.7 Å². The summed E-state index contributed by atoms with van der Waals surface area (Å²) in [5, 5.41) is 8.11. The van der Waals surface area contributed by atoms with Crippen LogP contribution in [0.1, 0.15) is 19.4 Å². The van der Waals surface area contributed by atoms with Gasteiger partial charge in [-0.1, -0.05) is 23.8 Å². The van der Waals surface area contributed by atoms with Gasteiger partial charge in [0.15, 0.2) is 0 Å².